The number of piperidine rings is 1. The summed E-state index contributed by atoms with van der Waals surface area (Å²) in [5, 5.41) is 3.73. The first-order valence-electron chi connectivity index (χ1n) is 8.72. The van der Waals surface area contributed by atoms with Gasteiger partial charge >= 0.3 is 0 Å². The van der Waals surface area contributed by atoms with Gasteiger partial charge in [-0.3, -0.25) is 9.69 Å². The molecule has 1 aromatic heterocycles. The number of nitrogens with zero attached hydrogens (tertiary/aromatic N) is 3. The Morgan fingerprint density at radius 3 is 2.64 bits per heavy atom. The van der Waals surface area contributed by atoms with E-state index in [0.29, 0.717) is 10.8 Å². The lowest BCUT2D eigenvalue weighted by Gasteiger charge is -2.32. The molecule has 1 spiro atoms. The Morgan fingerprint density at radius 2 is 1.92 bits per heavy atom. The van der Waals surface area contributed by atoms with Crippen molar-refractivity contribution in [1.82, 2.24) is 20.2 Å². The summed E-state index contributed by atoms with van der Waals surface area (Å²) in [4.78, 5) is 23.6. The first kappa shape index (κ1) is 16.5. The zero-order valence-corrected chi connectivity index (χ0v) is 14.8. The Morgan fingerprint density at radius 1 is 1.16 bits per heavy atom. The maximum absolute atomic E-state index is 12.3. The first-order valence-corrected chi connectivity index (χ1v) is 9.10. The Bertz CT molecular complexity index is 762. The van der Waals surface area contributed by atoms with E-state index in [1.165, 1.54) is 0 Å². The van der Waals surface area contributed by atoms with Gasteiger partial charge in [-0.2, -0.15) is 0 Å². The average Bonchev–Trinajstić information content (AvgIpc) is 3.03. The van der Waals surface area contributed by atoms with Gasteiger partial charge in [0.05, 0.1) is 5.41 Å². The zero-order valence-electron chi connectivity index (χ0n) is 14.0. The number of likely N-dealkylation sites (tertiary alicyclic amines) is 1. The molecule has 3 heterocycles. The molecule has 1 N–H and O–H groups in total. The highest BCUT2D eigenvalue weighted by Crippen LogP contribution is 2.37. The molecule has 2 saturated heterocycles. The van der Waals surface area contributed by atoms with Crippen molar-refractivity contribution in [3.63, 3.8) is 0 Å². The van der Waals surface area contributed by atoms with Crippen LogP contribution in [-0.4, -0.2) is 40.4 Å². The highest BCUT2D eigenvalue weighted by Gasteiger charge is 2.45. The summed E-state index contributed by atoms with van der Waals surface area (Å²) in [7, 11) is 0. The number of hydrogen-bond acceptors (Lipinski definition) is 4. The molecule has 1 amide bonds. The highest BCUT2D eigenvalue weighted by molar-refractivity contribution is 6.30. The minimum Gasteiger partial charge on any atom is -0.356 e. The smallest absolute Gasteiger partial charge is 0.227 e. The number of halogens is 1. The van der Waals surface area contributed by atoms with E-state index >= 15 is 0 Å². The molecular weight excluding hydrogens is 336 g/mol. The zero-order chi connectivity index (χ0) is 17.3. The van der Waals surface area contributed by atoms with Crippen molar-refractivity contribution in [2.24, 2.45) is 5.41 Å². The molecule has 2 aliphatic heterocycles. The van der Waals surface area contributed by atoms with Gasteiger partial charge in [0, 0.05) is 48.2 Å². The molecule has 0 saturated carbocycles. The Hall–Kier alpha value is -1.98. The highest BCUT2D eigenvalue weighted by atomic mass is 35.5. The van der Waals surface area contributed by atoms with Crippen LogP contribution in [0.4, 0.5) is 0 Å². The Balaban J connectivity index is 1.42. The van der Waals surface area contributed by atoms with Crippen LogP contribution in [0.1, 0.15) is 24.8 Å². The molecule has 4 rings (SSSR count). The predicted molar refractivity (Wildman–Crippen MR) is 97.0 cm³/mol. The van der Waals surface area contributed by atoms with Gasteiger partial charge in [-0.15, -0.1) is 0 Å². The second-order valence-electron chi connectivity index (χ2n) is 7.02. The lowest BCUT2D eigenvalue weighted by molar-refractivity contribution is -0.132. The van der Waals surface area contributed by atoms with Crippen molar-refractivity contribution >= 4 is 17.5 Å². The molecule has 6 heteroatoms. The van der Waals surface area contributed by atoms with E-state index in [2.05, 4.69) is 20.2 Å². The number of aromatic nitrogens is 2. The summed E-state index contributed by atoms with van der Waals surface area (Å²) in [5.41, 5.74) is 1.85. The van der Waals surface area contributed by atoms with Gasteiger partial charge in [0.2, 0.25) is 5.91 Å². The topological polar surface area (TPSA) is 58.1 Å². The number of hydrogen-bond donors (Lipinski definition) is 1. The van der Waals surface area contributed by atoms with Crippen molar-refractivity contribution in [2.75, 3.05) is 19.6 Å². The van der Waals surface area contributed by atoms with Crippen LogP contribution in [0, 0.1) is 5.41 Å². The predicted octanol–water partition coefficient (Wildman–Crippen LogP) is 2.90. The van der Waals surface area contributed by atoms with Crippen LogP contribution in [0.15, 0.2) is 36.7 Å². The van der Waals surface area contributed by atoms with E-state index < -0.39 is 0 Å². The van der Waals surface area contributed by atoms with Gasteiger partial charge < -0.3 is 5.32 Å². The normalized spacial score (nSPS) is 23.8. The Kier molecular flexibility index (Phi) is 4.44. The minimum atomic E-state index is -0.178. The van der Waals surface area contributed by atoms with E-state index in [1.807, 2.05) is 36.7 Å². The molecule has 1 aromatic carbocycles. The lowest BCUT2D eigenvalue weighted by Crippen LogP contribution is -2.47. The van der Waals surface area contributed by atoms with Crippen LogP contribution in [0.3, 0.4) is 0 Å². The van der Waals surface area contributed by atoms with Crippen LogP contribution in [0.5, 0.6) is 0 Å². The van der Waals surface area contributed by atoms with Crippen LogP contribution in [0.25, 0.3) is 11.4 Å². The maximum Gasteiger partial charge on any atom is 0.227 e. The summed E-state index contributed by atoms with van der Waals surface area (Å²) in [6.07, 6.45) is 6.79. The SMILES string of the molecule is O=C1NCCC[C@]12CCN(Cc1cnc(-c3ccc(Cl)cc3)nc1)C2. The van der Waals surface area contributed by atoms with E-state index in [-0.39, 0.29) is 11.3 Å². The van der Waals surface area contributed by atoms with Gasteiger partial charge in [0.15, 0.2) is 5.82 Å². The van der Waals surface area contributed by atoms with Crippen LogP contribution < -0.4 is 5.32 Å². The monoisotopic (exact) mass is 356 g/mol. The number of rotatable bonds is 3. The van der Waals surface area contributed by atoms with E-state index in [0.717, 1.165) is 56.6 Å². The minimum absolute atomic E-state index is 0.178. The van der Waals surface area contributed by atoms with Gasteiger partial charge in [-0.25, -0.2) is 9.97 Å². The summed E-state index contributed by atoms with van der Waals surface area (Å²) in [6.45, 7) is 3.39. The maximum atomic E-state index is 12.3. The lowest BCUT2D eigenvalue weighted by atomic mass is 9.79. The average molecular weight is 357 g/mol. The summed E-state index contributed by atoms with van der Waals surface area (Å²) in [6, 6.07) is 7.52. The van der Waals surface area contributed by atoms with Gasteiger partial charge in [0.1, 0.15) is 0 Å². The molecule has 0 aliphatic carbocycles. The Labute approximate surface area is 152 Å². The molecule has 2 fully saturated rings. The molecule has 25 heavy (non-hydrogen) atoms. The number of nitrogens with one attached hydrogen (secondary N) is 1. The molecule has 0 bridgehead atoms. The first-order chi connectivity index (χ1) is 12.1. The standard InChI is InChI=1S/C19H21ClN4O/c20-16-4-2-15(3-5-16)17-22-10-14(11-23-17)12-24-9-7-19(13-24)6-1-8-21-18(19)25/h2-5,10-11H,1,6-9,12-13H2,(H,21,25)/t19-/m1/s1. The summed E-state index contributed by atoms with van der Waals surface area (Å²) < 4.78 is 0. The molecule has 2 aromatic rings. The largest absolute Gasteiger partial charge is 0.356 e. The quantitative estimate of drug-likeness (QED) is 0.918. The van der Waals surface area contributed by atoms with Gasteiger partial charge in [-0.05, 0) is 50.1 Å². The fraction of sp³-hybridized carbons (Fsp3) is 0.421. The van der Waals surface area contributed by atoms with Crippen molar-refractivity contribution in [3.05, 3.63) is 47.2 Å². The van der Waals surface area contributed by atoms with Crippen LogP contribution in [0.2, 0.25) is 5.02 Å². The molecule has 130 valence electrons. The number of benzene rings is 1. The van der Waals surface area contributed by atoms with Crippen molar-refractivity contribution in [3.8, 4) is 11.4 Å². The molecule has 1 atom stereocenters. The van der Waals surface area contributed by atoms with Crippen molar-refractivity contribution in [2.45, 2.75) is 25.8 Å². The van der Waals surface area contributed by atoms with E-state index in [9.17, 15) is 4.79 Å². The second-order valence-corrected chi connectivity index (χ2v) is 7.46. The molecule has 0 radical (unpaired) electrons. The van der Waals surface area contributed by atoms with Crippen LogP contribution >= 0.6 is 11.6 Å². The third kappa shape index (κ3) is 3.39. The fourth-order valence-corrected chi connectivity index (χ4v) is 3.98. The molecule has 0 unspecified atom stereocenters. The second kappa shape index (κ2) is 6.73. The fourth-order valence-electron chi connectivity index (χ4n) is 3.86. The number of carbonyl (C=O) groups excluding carboxylic acids is 1. The summed E-state index contributed by atoms with van der Waals surface area (Å²) >= 11 is 5.92. The van der Waals surface area contributed by atoms with Crippen LogP contribution in [-0.2, 0) is 11.3 Å². The molecule has 2 aliphatic rings. The van der Waals surface area contributed by atoms with E-state index in [4.69, 9.17) is 11.6 Å². The van der Waals surface area contributed by atoms with Crippen molar-refractivity contribution in [1.29, 1.82) is 0 Å². The van der Waals surface area contributed by atoms with Gasteiger partial charge in [0.25, 0.3) is 0 Å². The number of carbonyl (C=O) groups is 1. The summed E-state index contributed by atoms with van der Waals surface area (Å²) in [5.74, 6) is 0.931. The molecular formula is C19H21ClN4O. The van der Waals surface area contributed by atoms with Crippen molar-refractivity contribution < 1.29 is 4.79 Å². The third-order valence-corrected chi connectivity index (χ3v) is 5.50. The molecule has 5 nitrogen and oxygen atoms in total. The van der Waals surface area contributed by atoms with Gasteiger partial charge in [-0.1, -0.05) is 11.6 Å². The number of amides is 1. The van der Waals surface area contributed by atoms with E-state index in [1.54, 1.807) is 0 Å². The third-order valence-electron chi connectivity index (χ3n) is 5.25.